The van der Waals surface area contributed by atoms with Crippen molar-refractivity contribution >= 4 is 11.8 Å². The van der Waals surface area contributed by atoms with Crippen LogP contribution in [-0.2, 0) is 20.9 Å². The number of benzene rings is 2. The summed E-state index contributed by atoms with van der Waals surface area (Å²) in [7, 11) is 3.08. The predicted molar refractivity (Wildman–Crippen MR) is 149 cm³/mol. The van der Waals surface area contributed by atoms with Gasteiger partial charge in [0.2, 0.25) is 17.6 Å². The smallest absolute Gasteiger partial charge is 0.247 e. The van der Waals surface area contributed by atoms with E-state index in [1.807, 2.05) is 6.92 Å². The van der Waals surface area contributed by atoms with Crippen molar-refractivity contribution < 1.29 is 28.2 Å². The number of ether oxygens (including phenoxy) is 3. The molecule has 220 valence electrons. The van der Waals surface area contributed by atoms with Crippen LogP contribution in [0.4, 0.5) is 4.39 Å². The Bertz CT molecular complexity index is 1300. The zero-order chi connectivity index (χ0) is 29.2. The van der Waals surface area contributed by atoms with Crippen LogP contribution in [0.25, 0.3) is 11.4 Å². The number of halogens is 1. The van der Waals surface area contributed by atoms with E-state index in [4.69, 9.17) is 14.2 Å². The van der Waals surface area contributed by atoms with Gasteiger partial charge in [-0.25, -0.2) is 4.39 Å². The number of methoxy groups -OCH3 is 2. The number of carbonyl (C=O) groups is 2. The third-order valence-corrected chi connectivity index (χ3v) is 7.03. The topological polar surface area (TPSA) is 121 Å². The highest BCUT2D eigenvalue weighted by Gasteiger charge is 2.33. The highest BCUT2D eigenvalue weighted by atomic mass is 19.1. The van der Waals surface area contributed by atoms with Gasteiger partial charge < -0.3 is 24.4 Å². The molecule has 41 heavy (non-hydrogen) atoms. The van der Waals surface area contributed by atoms with Gasteiger partial charge in [-0.15, -0.1) is 10.2 Å². The minimum absolute atomic E-state index is 0.0480. The molecule has 2 amide bonds. The Morgan fingerprint density at radius 2 is 1.83 bits per heavy atom. The lowest BCUT2D eigenvalue weighted by Gasteiger charge is -2.32. The SMILES string of the molecule is CCOCCCN(C(=O)Cn1nnc(-c2ccc(OC)c(OC)c2)n1)[C@H](C(=O)NC1CCCC1)c1ccc(F)cc1. The Morgan fingerprint density at radius 1 is 1.10 bits per heavy atom. The molecule has 1 N–H and O–H groups in total. The van der Waals surface area contributed by atoms with Crippen molar-refractivity contribution in [3.63, 3.8) is 0 Å². The van der Waals surface area contributed by atoms with Crippen molar-refractivity contribution in [2.75, 3.05) is 34.0 Å². The minimum Gasteiger partial charge on any atom is -0.493 e. The van der Waals surface area contributed by atoms with Crippen LogP contribution in [0.3, 0.4) is 0 Å². The average molecular weight is 569 g/mol. The normalized spacial score (nSPS) is 14.0. The Hall–Kier alpha value is -4.06. The molecule has 1 saturated carbocycles. The van der Waals surface area contributed by atoms with Crippen LogP contribution in [0.2, 0.25) is 0 Å². The second-order valence-electron chi connectivity index (χ2n) is 9.79. The lowest BCUT2D eigenvalue weighted by Crippen LogP contribution is -2.47. The van der Waals surface area contributed by atoms with Gasteiger partial charge in [-0.3, -0.25) is 9.59 Å². The van der Waals surface area contributed by atoms with Gasteiger partial charge in [0.25, 0.3) is 0 Å². The summed E-state index contributed by atoms with van der Waals surface area (Å²) in [4.78, 5) is 30.2. The molecular formula is C29H37FN6O5. The first-order valence-corrected chi connectivity index (χ1v) is 13.9. The number of hydrogen-bond acceptors (Lipinski definition) is 8. The highest BCUT2D eigenvalue weighted by Crippen LogP contribution is 2.31. The van der Waals surface area contributed by atoms with Gasteiger partial charge in [-0.2, -0.15) is 4.80 Å². The van der Waals surface area contributed by atoms with E-state index in [-0.39, 0.29) is 30.9 Å². The first kappa shape index (κ1) is 29.9. The molecule has 1 aliphatic rings. The number of amides is 2. The maximum atomic E-state index is 13.8. The second-order valence-corrected chi connectivity index (χ2v) is 9.79. The lowest BCUT2D eigenvalue weighted by atomic mass is 10.0. The molecule has 1 atom stereocenters. The molecule has 0 aliphatic heterocycles. The molecule has 11 nitrogen and oxygen atoms in total. The Morgan fingerprint density at radius 3 is 2.51 bits per heavy atom. The van der Waals surface area contributed by atoms with Crippen LogP contribution in [0.15, 0.2) is 42.5 Å². The van der Waals surface area contributed by atoms with Gasteiger partial charge in [-0.05, 0) is 67.3 Å². The van der Waals surface area contributed by atoms with E-state index in [0.717, 1.165) is 25.7 Å². The summed E-state index contributed by atoms with van der Waals surface area (Å²) in [6, 6.07) is 9.98. The maximum Gasteiger partial charge on any atom is 0.247 e. The van der Waals surface area contributed by atoms with E-state index < -0.39 is 11.9 Å². The van der Waals surface area contributed by atoms with Crippen molar-refractivity contribution in [1.29, 1.82) is 0 Å². The molecule has 1 heterocycles. The number of aromatic nitrogens is 4. The average Bonchev–Trinajstić information content (AvgIpc) is 3.67. The molecule has 2 aromatic carbocycles. The molecule has 3 aromatic rings. The molecule has 0 bridgehead atoms. The van der Waals surface area contributed by atoms with E-state index >= 15 is 0 Å². The summed E-state index contributed by atoms with van der Waals surface area (Å²) < 4.78 is 29.9. The Labute approximate surface area is 239 Å². The van der Waals surface area contributed by atoms with Gasteiger partial charge in [-0.1, -0.05) is 25.0 Å². The molecule has 4 rings (SSSR count). The number of hydrogen-bond donors (Lipinski definition) is 1. The third kappa shape index (κ3) is 7.78. The number of nitrogens with zero attached hydrogens (tertiary/aromatic N) is 5. The fourth-order valence-electron chi connectivity index (χ4n) is 4.96. The van der Waals surface area contributed by atoms with Crippen molar-refractivity contribution in [1.82, 2.24) is 30.4 Å². The van der Waals surface area contributed by atoms with E-state index in [0.29, 0.717) is 48.1 Å². The van der Waals surface area contributed by atoms with E-state index in [1.54, 1.807) is 37.4 Å². The van der Waals surface area contributed by atoms with Crippen molar-refractivity contribution in [3.8, 4) is 22.9 Å². The minimum atomic E-state index is -0.959. The monoisotopic (exact) mass is 568 g/mol. The zero-order valence-electron chi connectivity index (χ0n) is 23.7. The molecule has 1 fully saturated rings. The molecule has 0 unspecified atom stereocenters. The summed E-state index contributed by atoms with van der Waals surface area (Å²) in [5.74, 6) is 0.264. The quantitative estimate of drug-likeness (QED) is 0.293. The second kappa shape index (κ2) is 14.5. The Kier molecular flexibility index (Phi) is 10.6. The first-order valence-electron chi connectivity index (χ1n) is 13.9. The molecule has 1 aromatic heterocycles. The summed E-state index contributed by atoms with van der Waals surface area (Å²) in [5.41, 5.74) is 1.15. The van der Waals surface area contributed by atoms with Gasteiger partial charge in [0.05, 0.1) is 14.2 Å². The third-order valence-electron chi connectivity index (χ3n) is 7.03. The molecule has 1 aliphatic carbocycles. The molecular weight excluding hydrogens is 531 g/mol. The number of nitrogens with one attached hydrogen (secondary N) is 1. The van der Waals surface area contributed by atoms with Gasteiger partial charge >= 0.3 is 0 Å². The zero-order valence-corrected chi connectivity index (χ0v) is 23.7. The predicted octanol–water partition coefficient (Wildman–Crippen LogP) is 3.55. The number of carbonyl (C=O) groups excluding carboxylic acids is 2. The van der Waals surface area contributed by atoms with E-state index in [1.165, 1.54) is 28.9 Å². The number of rotatable bonds is 14. The summed E-state index contributed by atoms with van der Waals surface area (Å²) in [6.45, 7) is 2.86. The molecule has 0 radical (unpaired) electrons. The van der Waals surface area contributed by atoms with E-state index in [2.05, 4.69) is 20.7 Å². The van der Waals surface area contributed by atoms with Crippen molar-refractivity contribution in [2.45, 2.75) is 57.7 Å². The van der Waals surface area contributed by atoms with Gasteiger partial charge in [0, 0.05) is 31.4 Å². The van der Waals surface area contributed by atoms with Gasteiger partial charge in [0.1, 0.15) is 18.4 Å². The maximum absolute atomic E-state index is 13.8. The van der Waals surface area contributed by atoms with Crippen LogP contribution in [0, 0.1) is 5.82 Å². The van der Waals surface area contributed by atoms with Crippen LogP contribution in [0.1, 0.15) is 50.6 Å². The van der Waals surface area contributed by atoms with Crippen molar-refractivity contribution in [3.05, 3.63) is 53.8 Å². The van der Waals surface area contributed by atoms with Crippen molar-refractivity contribution in [2.24, 2.45) is 0 Å². The highest BCUT2D eigenvalue weighted by molar-refractivity contribution is 5.89. The fraction of sp³-hybridized carbons (Fsp3) is 0.483. The van der Waals surface area contributed by atoms with Crippen LogP contribution in [0.5, 0.6) is 11.5 Å². The standard InChI is InChI=1S/C29H37FN6O5/c1-4-41-17-7-16-35(27(20-10-13-22(30)14-11-20)29(38)31-23-8-5-6-9-23)26(37)19-36-33-28(32-34-36)21-12-15-24(39-2)25(18-21)40-3/h10-15,18,23,27H,4-9,16-17,19H2,1-3H3,(H,31,38)/t27-/m0/s1. The fourth-order valence-corrected chi connectivity index (χ4v) is 4.96. The molecule has 12 heteroatoms. The van der Waals surface area contributed by atoms with Crippen LogP contribution >= 0.6 is 0 Å². The molecule has 0 saturated heterocycles. The number of tetrazole rings is 1. The summed E-state index contributed by atoms with van der Waals surface area (Å²) in [5, 5.41) is 15.7. The Balaban J connectivity index is 1.59. The van der Waals surface area contributed by atoms with Crippen LogP contribution < -0.4 is 14.8 Å². The molecule has 0 spiro atoms. The van der Waals surface area contributed by atoms with Gasteiger partial charge in [0.15, 0.2) is 11.5 Å². The lowest BCUT2D eigenvalue weighted by molar-refractivity contribution is -0.142. The summed E-state index contributed by atoms with van der Waals surface area (Å²) in [6.07, 6.45) is 4.38. The summed E-state index contributed by atoms with van der Waals surface area (Å²) >= 11 is 0. The largest absolute Gasteiger partial charge is 0.493 e. The first-order chi connectivity index (χ1) is 19.9. The van der Waals surface area contributed by atoms with E-state index in [9.17, 15) is 14.0 Å². The van der Waals surface area contributed by atoms with Crippen LogP contribution in [-0.4, -0.2) is 76.9 Å².